The Hall–Kier alpha value is -1.65. The number of nitrogens with one attached hydrogen (secondary N) is 1. The molecule has 2 aliphatic carbocycles. The van der Waals surface area contributed by atoms with Gasteiger partial charge in [-0.1, -0.05) is 31.4 Å². The second-order valence-electron chi connectivity index (χ2n) is 5.91. The molecule has 108 valence electrons. The minimum atomic E-state index is -0.741. The maximum atomic E-state index is 11.4. The molecule has 1 fully saturated rings. The van der Waals surface area contributed by atoms with Crippen molar-refractivity contribution in [3.63, 3.8) is 0 Å². The van der Waals surface area contributed by atoms with Gasteiger partial charge in [0.05, 0.1) is 5.92 Å². The molecule has 5 nitrogen and oxygen atoms in total. The smallest absolute Gasteiger partial charge is 0.307 e. The topological polar surface area (TPSA) is 78.9 Å². The van der Waals surface area contributed by atoms with Gasteiger partial charge in [-0.3, -0.25) is 9.89 Å². The Bertz CT molecular complexity index is 503. The maximum absolute atomic E-state index is 11.4. The van der Waals surface area contributed by atoms with E-state index in [1.807, 2.05) is 12.2 Å². The minimum Gasteiger partial charge on any atom is -0.481 e. The lowest BCUT2D eigenvalue weighted by atomic mass is 9.82. The lowest BCUT2D eigenvalue weighted by molar-refractivity contribution is -0.142. The molecule has 0 saturated heterocycles. The highest BCUT2D eigenvalue weighted by molar-refractivity contribution is 5.71. The number of allylic oxidation sites excluding steroid dienone is 2. The average Bonchev–Trinajstić information content (AvgIpc) is 2.98. The highest BCUT2D eigenvalue weighted by Gasteiger charge is 2.32. The molecule has 1 heterocycles. The standard InChI is InChI=1S/C15H21N3O2/c19-15(20)12-9-5-4-8-11(12)14-16-13(17-18-14)10-6-2-1-3-7-10/h4-5,10-12H,1-3,6-9H2,(H,19,20)(H,16,17,18). The normalized spacial score (nSPS) is 27.6. The van der Waals surface area contributed by atoms with Crippen molar-refractivity contribution in [3.8, 4) is 0 Å². The van der Waals surface area contributed by atoms with Crippen LogP contribution in [0.5, 0.6) is 0 Å². The van der Waals surface area contributed by atoms with Crippen LogP contribution in [0.2, 0.25) is 0 Å². The molecule has 1 aromatic heterocycles. The summed E-state index contributed by atoms with van der Waals surface area (Å²) in [6.07, 6.45) is 11.4. The van der Waals surface area contributed by atoms with E-state index in [2.05, 4.69) is 15.2 Å². The number of aromatic nitrogens is 3. The number of carbonyl (C=O) groups is 1. The van der Waals surface area contributed by atoms with Crippen LogP contribution >= 0.6 is 0 Å². The van der Waals surface area contributed by atoms with Crippen molar-refractivity contribution in [2.45, 2.75) is 56.8 Å². The van der Waals surface area contributed by atoms with Crippen molar-refractivity contribution in [2.24, 2.45) is 5.92 Å². The van der Waals surface area contributed by atoms with E-state index in [1.54, 1.807) is 0 Å². The van der Waals surface area contributed by atoms with Crippen LogP contribution in [-0.2, 0) is 4.79 Å². The van der Waals surface area contributed by atoms with Gasteiger partial charge in [0.25, 0.3) is 0 Å². The number of hydrogen-bond donors (Lipinski definition) is 2. The third-order valence-electron chi connectivity index (χ3n) is 4.59. The van der Waals surface area contributed by atoms with Crippen LogP contribution in [0.1, 0.15) is 68.4 Å². The zero-order valence-electron chi connectivity index (χ0n) is 11.6. The van der Waals surface area contributed by atoms with Crippen molar-refractivity contribution in [2.75, 3.05) is 0 Å². The molecule has 20 heavy (non-hydrogen) atoms. The Morgan fingerprint density at radius 3 is 2.70 bits per heavy atom. The molecule has 2 unspecified atom stereocenters. The molecule has 2 N–H and O–H groups in total. The van der Waals surface area contributed by atoms with Crippen molar-refractivity contribution in [1.29, 1.82) is 0 Å². The van der Waals surface area contributed by atoms with Crippen LogP contribution in [0.25, 0.3) is 0 Å². The summed E-state index contributed by atoms with van der Waals surface area (Å²) >= 11 is 0. The molecule has 1 aromatic rings. The van der Waals surface area contributed by atoms with E-state index in [1.165, 1.54) is 19.3 Å². The molecule has 2 atom stereocenters. The van der Waals surface area contributed by atoms with E-state index in [0.717, 1.165) is 30.9 Å². The fraction of sp³-hybridized carbons (Fsp3) is 0.667. The summed E-state index contributed by atoms with van der Waals surface area (Å²) in [7, 11) is 0. The van der Waals surface area contributed by atoms with Crippen LogP contribution < -0.4 is 0 Å². The molecule has 0 aromatic carbocycles. The monoisotopic (exact) mass is 275 g/mol. The zero-order valence-corrected chi connectivity index (χ0v) is 11.6. The number of aromatic amines is 1. The Kier molecular flexibility index (Phi) is 3.85. The van der Waals surface area contributed by atoms with Crippen molar-refractivity contribution in [3.05, 3.63) is 23.8 Å². The third kappa shape index (κ3) is 2.62. The highest BCUT2D eigenvalue weighted by atomic mass is 16.4. The molecule has 2 aliphatic rings. The summed E-state index contributed by atoms with van der Waals surface area (Å²) < 4.78 is 0. The van der Waals surface area contributed by atoms with Gasteiger partial charge in [0.2, 0.25) is 0 Å². The largest absolute Gasteiger partial charge is 0.481 e. The van der Waals surface area contributed by atoms with E-state index in [9.17, 15) is 9.90 Å². The van der Waals surface area contributed by atoms with Crippen LogP contribution in [0.3, 0.4) is 0 Å². The molecule has 5 heteroatoms. The fourth-order valence-corrected chi connectivity index (χ4v) is 3.39. The number of hydrogen-bond acceptors (Lipinski definition) is 3. The third-order valence-corrected chi connectivity index (χ3v) is 4.59. The van der Waals surface area contributed by atoms with Gasteiger partial charge in [-0.2, -0.15) is 5.10 Å². The molecule has 3 rings (SSSR count). The summed E-state index contributed by atoms with van der Waals surface area (Å²) in [5.41, 5.74) is 0. The Morgan fingerprint density at radius 1 is 1.20 bits per heavy atom. The van der Waals surface area contributed by atoms with Gasteiger partial charge in [0.15, 0.2) is 5.82 Å². The van der Waals surface area contributed by atoms with Crippen LogP contribution in [-0.4, -0.2) is 26.3 Å². The second kappa shape index (κ2) is 5.77. The predicted molar refractivity (Wildman–Crippen MR) is 74.4 cm³/mol. The number of rotatable bonds is 3. The number of H-pyrrole nitrogens is 1. The summed E-state index contributed by atoms with van der Waals surface area (Å²) in [6.45, 7) is 0. The van der Waals surface area contributed by atoms with Crippen molar-refractivity contribution in [1.82, 2.24) is 15.2 Å². The predicted octanol–water partition coefficient (Wildman–Crippen LogP) is 2.99. The summed E-state index contributed by atoms with van der Waals surface area (Å²) in [6, 6.07) is 0. The first-order valence-corrected chi connectivity index (χ1v) is 7.55. The SMILES string of the molecule is O=C(O)C1CC=CCC1c1nc(C2CCCCC2)n[nH]1. The summed E-state index contributed by atoms with van der Waals surface area (Å²) in [4.78, 5) is 16.0. The molecular weight excluding hydrogens is 254 g/mol. The second-order valence-corrected chi connectivity index (χ2v) is 5.91. The number of aliphatic carboxylic acids is 1. The Balaban J connectivity index is 1.78. The van der Waals surface area contributed by atoms with Gasteiger partial charge in [-0.25, -0.2) is 4.98 Å². The first kappa shape index (κ1) is 13.3. The van der Waals surface area contributed by atoms with Gasteiger partial charge in [-0.05, 0) is 25.7 Å². The number of nitrogens with zero attached hydrogens (tertiary/aromatic N) is 2. The van der Waals surface area contributed by atoms with E-state index in [-0.39, 0.29) is 11.8 Å². The molecule has 1 saturated carbocycles. The number of carboxylic acid groups (broad SMARTS) is 1. The molecule has 0 aliphatic heterocycles. The van der Waals surface area contributed by atoms with Gasteiger partial charge in [0.1, 0.15) is 5.82 Å². The van der Waals surface area contributed by atoms with E-state index in [4.69, 9.17) is 0 Å². The lowest BCUT2D eigenvalue weighted by Gasteiger charge is -2.23. The van der Waals surface area contributed by atoms with Gasteiger partial charge in [0, 0.05) is 11.8 Å². The van der Waals surface area contributed by atoms with Crippen LogP contribution in [0, 0.1) is 5.92 Å². The first-order valence-electron chi connectivity index (χ1n) is 7.55. The molecule has 0 radical (unpaired) electrons. The van der Waals surface area contributed by atoms with Crippen molar-refractivity contribution < 1.29 is 9.90 Å². The molecule has 0 bridgehead atoms. The Morgan fingerprint density at radius 2 is 1.95 bits per heavy atom. The average molecular weight is 275 g/mol. The molecular formula is C15H21N3O2. The Labute approximate surface area is 118 Å². The lowest BCUT2D eigenvalue weighted by Crippen LogP contribution is -2.24. The van der Waals surface area contributed by atoms with Gasteiger partial charge in [-0.15, -0.1) is 0 Å². The highest BCUT2D eigenvalue weighted by Crippen LogP contribution is 2.35. The van der Waals surface area contributed by atoms with Gasteiger partial charge >= 0.3 is 5.97 Å². The van der Waals surface area contributed by atoms with Crippen LogP contribution in [0.4, 0.5) is 0 Å². The summed E-state index contributed by atoms with van der Waals surface area (Å²) in [5.74, 6) is 0.904. The zero-order chi connectivity index (χ0) is 13.9. The first-order chi connectivity index (χ1) is 9.75. The quantitative estimate of drug-likeness (QED) is 0.831. The van der Waals surface area contributed by atoms with E-state index in [0.29, 0.717) is 12.3 Å². The summed E-state index contributed by atoms with van der Waals surface area (Å²) in [5, 5.41) is 16.7. The van der Waals surface area contributed by atoms with Crippen LogP contribution in [0.15, 0.2) is 12.2 Å². The van der Waals surface area contributed by atoms with Crippen molar-refractivity contribution >= 4 is 5.97 Å². The van der Waals surface area contributed by atoms with E-state index < -0.39 is 5.97 Å². The molecule has 0 spiro atoms. The minimum absolute atomic E-state index is 0.0673. The maximum Gasteiger partial charge on any atom is 0.307 e. The number of carboxylic acids is 1. The van der Waals surface area contributed by atoms with E-state index >= 15 is 0 Å². The molecule has 0 amide bonds. The van der Waals surface area contributed by atoms with Gasteiger partial charge < -0.3 is 5.11 Å². The fourth-order valence-electron chi connectivity index (χ4n) is 3.39.